The Bertz CT molecular complexity index is 435. The van der Waals surface area contributed by atoms with Crippen LogP contribution in [0.4, 0.5) is 13.2 Å². The number of aromatic nitrogens is 1. The maximum Gasteiger partial charge on any atom is 0.433 e. The van der Waals surface area contributed by atoms with Crippen LogP contribution < -0.4 is 0 Å². The summed E-state index contributed by atoms with van der Waals surface area (Å²) in [7, 11) is -1.80. The molecule has 0 saturated heterocycles. The molecular weight excluding hydrogens is 283 g/mol. The van der Waals surface area contributed by atoms with Crippen molar-refractivity contribution in [3.63, 3.8) is 0 Å². The smallest absolute Gasteiger partial charge is 0.416 e. The second-order valence-electron chi connectivity index (χ2n) is 6.41. The molecule has 0 N–H and O–H groups in total. The summed E-state index contributed by atoms with van der Waals surface area (Å²) in [6, 6.07) is 2.48. The number of hydrogen-bond donors (Lipinski definition) is 0. The summed E-state index contributed by atoms with van der Waals surface area (Å²) < 4.78 is 43.1. The van der Waals surface area contributed by atoms with Gasteiger partial charge in [-0.3, -0.25) is 4.98 Å². The molecule has 0 aliphatic heterocycles. The molecule has 0 aliphatic rings. The van der Waals surface area contributed by atoms with Crippen molar-refractivity contribution in [3.8, 4) is 0 Å². The summed E-state index contributed by atoms with van der Waals surface area (Å²) in [5.74, 6) is 0. The molecule has 0 saturated carbocycles. The van der Waals surface area contributed by atoms with Gasteiger partial charge >= 0.3 is 6.18 Å². The van der Waals surface area contributed by atoms with E-state index in [2.05, 4.69) is 38.8 Å². The second-order valence-corrected chi connectivity index (χ2v) is 11.2. The first-order valence-electron chi connectivity index (χ1n) is 6.59. The molecule has 2 nitrogen and oxygen atoms in total. The zero-order chi connectivity index (χ0) is 15.6. The van der Waals surface area contributed by atoms with Gasteiger partial charge in [-0.1, -0.05) is 26.8 Å². The molecule has 1 aromatic rings. The van der Waals surface area contributed by atoms with E-state index in [1.807, 2.05) is 0 Å². The van der Waals surface area contributed by atoms with Gasteiger partial charge in [0, 0.05) is 12.8 Å². The molecule has 0 atom stereocenters. The number of pyridine rings is 1. The lowest BCUT2D eigenvalue weighted by molar-refractivity contribution is -0.141. The van der Waals surface area contributed by atoms with E-state index in [1.165, 1.54) is 12.3 Å². The van der Waals surface area contributed by atoms with Crippen LogP contribution in [0, 0.1) is 0 Å². The minimum absolute atomic E-state index is 0.130. The fourth-order valence-corrected chi connectivity index (χ4v) is 2.43. The highest BCUT2D eigenvalue weighted by atomic mass is 28.4. The van der Waals surface area contributed by atoms with E-state index < -0.39 is 20.2 Å². The quantitative estimate of drug-likeness (QED) is 0.754. The highest BCUT2D eigenvalue weighted by Crippen LogP contribution is 2.36. The predicted octanol–water partition coefficient (Wildman–Crippen LogP) is 4.66. The van der Waals surface area contributed by atoms with Gasteiger partial charge in [0.15, 0.2) is 8.32 Å². The van der Waals surface area contributed by atoms with Crippen LogP contribution in [0.25, 0.3) is 0 Å². The molecule has 0 radical (unpaired) electrons. The van der Waals surface area contributed by atoms with E-state index in [4.69, 9.17) is 4.43 Å². The Morgan fingerprint density at radius 2 is 1.75 bits per heavy atom. The Morgan fingerprint density at radius 1 is 1.15 bits per heavy atom. The summed E-state index contributed by atoms with van der Waals surface area (Å²) in [6.45, 7) is 11.3. The zero-order valence-electron chi connectivity index (χ0n) is 12.6. The van der Waals surface area contributed by atoms with Gasteiger partial charge in [0.2, 0.25) is 0 Å². The van der Waals surface area contributed by atoms with Crippen LogP contribution >= 0.6 is 0 Å². The molecule has 0 unspecified atom stereocenters. The van der Waals surface area contributed by atoms with Gasteiger partial charge < -0.3 is 4.43 Å². The van der Waals surface area contributed by atoms with Crippen molar-refractivity contribution in [2.75, 3.05) is 6.61 Å². The average Bonchev–Trinajstić information content (AvgIpc) is 2.26. The lowest BCUT2D eigenvalue weighted by Crippen LogP contribution is -2.41. The van der Waals surface area contributed by atoms with E-state index in [1.54, 1.807) is 0 Å². The number of nitrogens with zero attached hydrogens (tertiary/aromatic N) is 1. The highest BCUT2D eigenvalue weighted by Gasteiger charge is 2.37. The van der Waals surface area contributed by atoms with E-state index in [0.29, 0.717) is 13.0 Å². The van der Waals surface area contributed by atoms with E-state index in [9.17, 15) is 13.2 Å². The third-order valence-corrected chi connectivity index (χ3v) is 8.31. The third-order valence-electron chi connectivity index (χ3n) is 3.78. The van der Waals surface area contributed by atoms with Crippen molar-refractivity contribution in [2.24, 2.45) is 0 Å². The van der Waals surface area contributed by atoms with Crippen molar-refractivity contribution in [1.29, 1.82) is 0 Å². The molecule has 0 fully saturated rings. The van der Waals surface area contributed by atoms with E-state index in [-0.39, 0.29) is 5.04 Å². The first-order valence-corrected chi connectivity index (χ1v) is 9.50. The molecule has 0 amide bonds. The predicted molar refractivity (Wildman–Crippen MR) is 76.1 cm³/mol. The van der Waals surface area contributed by atoms with Gasteiger partial charge in [-0.05, 0) is 36.2 Å². The van der Waals surface area contributed by atoms with Crippen LogP contribution in [0.2, 0.25) is 18.1 Å². The van der Waals surface area contributed by atoms with Crippen LogP contribution in [-0.2, 0) is 17.0 Å². The van der Waals surface area contributed by atoms with Crippen LogP contribution in [-0.4, -0.2) is 19.9 Å². The van der Waals surface area contributed by atoms with Gasteiger partial charge in [-0.15, -0.1) is 0 Å². The molecule has 0 aromatic carbocycles. The Labute approximate surface area is 119 Å². The van der Waals surface area contributed by atoms with Gasteiger partial charge in [0.25, 0.3) is 0 Å². The molecule has 1 heterocycles. The lowest BCUT2D eigenvalue weighted by Gasteiger charge is -2.36. The molecule has 0 spiro atoms. The van der Waals surface area contributed by atoms with Crippen LogP contribution in [0.1, 0.15) is 32.0 Å². The first-order chi connectivity index (χ1) is 8.93. The summed E-state index contributed by atoms with van der Waals surface area (Å²) in [5.41, 5.74) is -0.0942. The average molecular weight is 305 g/mol. The minimum atomic E-state index is -4.38. The fraction of sp³-hybridized carbons (Fsp3) is 0.643. The van der Waals surface area contributed by atoms with Gasteiger partial charge in [-0.25, -0.2) is 0 Å². The molecule has 0 bridgehead atoms. The summed E-state index contributed by atoms with van der Waals surface area (Å²) in [6.07, 6.45) is -2.52. The molecule has 6 heteroatoms. The zero-order valence-corrected chi connectivity index (χ0v) is 13.6. The van der Waals surface area contributed by atoms with Crippen molar-refractivity contribution in [3.05, 3.63) is 29.6 Å². The summed E-state index contributed by atoms with van der Waals surface area (Å²) >= 11 is 0. The van der Waals surface area contributed by atoms with Gasteiger partial charge in [0.05, 0.1) is 0 Å². The van der Waals surface area contributed by atoms with Gasteiger partial charge in [0.1, 0.15) is 5.69 Å². The Hall–Kier alpha value is -0.883. The largest absolute Gasteiger partial charge is 0.433 e. The van der Waals surface area contributed by atoms with Crippen molar-refractivity contribution < 1.29 is 17.6 Å². The van der Waals surface area contributed by atoms with E-state index >= 15 is 0 Å². The SMILES string of the molecule is CC(C)(C)[Si](C)(C)OCCc1ccc(C(F)(F)F)nc1. The van der Waals surface area contributed by atoms with Crippen molar-refractivity contribution >= 4 is 8.32 Å². The second kappa shape index (κ2) is 5.85. The molecule has 0 aliphatic carbocycles. The van der Waals surface area contributed by atoms with Crippen molar-refractivity contribution in [2.45, 2.75) is 51.5 Å². The maximum atomic E-state index is 12.4. The van der Waals surface area contributed by atoms with Crippen molar-refractivity contribution in [1.82, 2.24) is 4.98 Å². The molecule has 114 valence electrons. The standard InChI is InChI=1S/C14H22F3NOSi/c1-13(2,3)20(4,5)19-9-8-11-6-7-12(18-10-11)14(15,16)17/h6-7,10H,8-9H2,1-5H3. The summed E-state index contributed by atoms with van der Waals surface area (Å²) in [5, 5.41) is 0.130. The monoisotopic (exact) mass is 305 g/mol. The minimum Gasteiger partial charge on any atom is -0.416 e. The normalized spacial score (nSPS) is 13.6. The van der Waals surface area contributed by atoms with E-state index in [0.717, 1.165) is 11.6 Å². The third kappa shape index (κ3) is 4.59. The number of alkyl halides is 3. The topological polar surface area (TPSA) is 22.1 Å². The fourth-order valence-electron chi connectivity index (χ4n) is 1.38. The Kier molecular flexibility index (Phi) is 5.02. The molecular formula is C14H22F3NOSi. The molecule has 1 rings (SSSR count). The first kappa shape index (κ1) is 17.2. The Morgan fingerprint density at radius 3 is 2.15 bits per heavy atom. The van der Waals surface area contributed by atoms with Crippen LogP contribution in [0.3, 0.4) is 0 Å². The summed E-state index contributed by atoms with van der Waals surface area (Å²) in [4.78, 5) is 3.44. The number of halogens is 3. The van der Waals surface area contributed by atoms with Crippen LogP contribution in [0.15, 0.2) is 18.3 Å². The lowest BCUT2D eigenvalue weighted by atomic mass is 10.2. The molecule has 1 aromatic heterocycles. The number of hydrogen-bond acceptors (Lipinski definition) is 2. The molecule has 20 heavy (non-hydrogen) atoms. The highest BCUT2D eigenvalue weighted by molar-refractivity contribution is 6.74. The number of rotatable bonds is 4. The van der Waals surface area contributed by atoms with Gasteiger partial charge in [-0.2, -0.15) is 13.2 Å². The maximum absolute atomic E-state index is 12.4. The van der Waals surface area contributed by atoms with Crippen LogP contribution in [0.5, 0.6) is 0 Å². The Balaban J connectivity index is 2.56.